The van der Waals surface area contributed by atoms with Crippen LogP contribution in [-0.2, 0) is 4.79 Å². The van der Waals surface area contributed by atoms with Crippen molar-refractivity contribution in [2.75, 3.05) is 7.11 Å². The van der Waals surface area contributed by atoms with Crippen LogP contribution in [0.5, 0.6) is 11.5 Å². The molecule has 2 rings (SSSR count). The zero-order chi connectivity index (χ0) is 11.7. The van der Waals surface area contributed by atoms with E-state index in [1.54, 1.807) is 7.11 Å². The van der Waals surface area contributed by atoms with Gasteiger partial charge in [0.2, 0.25) is 0 Å². The first-order chi connectivity index (χ1) is 7.63. The summed E-state index contributed by atoms with van der Waals surface area (Å²) in [6.07, 6.45) is 0. The van der Waals surface area contributed by atoms with Gasteiger partial charge in [-0.2, -0.15) is 0 Å². The summed E-state index contributed by atoms with van der Waals surface area (Å²) in [6, 6.07) is 5.63. The summed E-state index contributed by atoms with van der Waals surface area (Å²) in [5, 5.41) is 0.803. The second-order valence-electron chi connectivity index (χ2n) is 3.56. The number of carbonyl (C=O) groups is 1. The Kier molecular flexibility index (Phi) is 2.56. The molecule has 1 N–H and O–H groups in total. The lowest BCUT2D eigenvalue weighted by Gasteiger charge is -2.04. The molecule has 0 unspecified atom stereocenters. The fourth-order valence-corrected chi connectivity index (χ4v) is 1.76. The number of hydrogen-bond donors (Lipinski definition) is 1. The molecule has 0 amide bonds. The van der Waals surface area contributed by atoms with Crippen LogP contribution in [-0.4, -0.2) is 18.1 Å². The summed E-state index contributed by atoms with van der Waals surface area (Å²) >= 11 is 0. The molecule has 4 heteroatoms. The average Bonchev–Trinajstić information content (AvgIpc) is 2.54. The monoisotopic (exact) mass is 219 g/mol. The van der Waals surface area contributed by atoms with E-state index in [4.69, 9.17) is 9.47 Å². The molecule has 0 saturated heterocycles. The van der Waals surface area contributed by atoms with Crippen molar-refractivity contribution in [1.29, 1.82) is 0 Å². The number of benzene rings is 1. The molecule has 0 radical (unpaired) electrons. The molecule has 0 saturated carbocycles. The van der Waals surface area contributed by atoms with Gasteiger partial charge in [0.25, 0.3) is 0 Å². The summed E-state index contributed by atoms with van der Waals surface area (Å²) in [5.41, 5.74) is 1.71. The van der Waals surface area contributed by atoms with Gasteiger partial charge in [-0.15, -0.1) is 0 Å². The highest BCUT2D eigenvalue weighted by Gasteiger charge is 2.15. The molecule has 4 nitrogen and oxygen atoms in total. The molecular weight excluding hydrogens is 206 g/mol. The van der Waals surface area contributed by atoms with Gasteiger partial charge >= 0.3 is 5.97 Å². The molecule has 1 aromatic heterocycles. The average molecular weight is 219 g/mol. The maximum absolute atomic E-state index is 11.0. The Morgan fingerprint density at radius 2 is 2.12 bits per heavy atom. The predicted molar refractivity (Wildman–Crippen MR) is 60.9 cm³/mol. The molecule has 1 heterocycles. The second kappa shape index (κ2) is 3.89. The molecule has 0 bridgehead atoms. The first kappa shape index (κ1) is 10.5. The maximum atomic E-state index is 11.0. The summed E-state index contributed by atoms with van der Waals surface area (Å²) < 4.78 is 10.4. The van der Waals surface area contributed by atoms with E-state index >= 15 is 0 Å². The summed E-state index contributed by atoms with van der Waals surface area (Å²) in [6.45, 7) is 3.24. The van der Waals surface area contributed by atoms with Gasteiger partial charge in [-0.1, -0.05) is 6.07 Å². The molecule has 0 atom stereocenters. The summed E-state index contributed by atoms with van der Waals surface area (Å²) in [7, 11) is 1.59. The second-order valence-corrected chi connectivity index (χ2v) is 3.56. The number of aromatic nitrogens is 1. The molecule has 84 valence electrons. The highest BCUT2D eigenvalue weighted by atomic mass is 16.5. The van der Waals surface area contributed by atoms with Crippen molar-refractivity contribution >= 4 is 16.9 Å². The van der Waals surface area contributed by atoms with Crippen LogP contribution in [0.25, 0.3) is 10.9 Å². The lowest BCUT2D eigenvalue weighted by molar-refractivity contribution is -0.131. The molecule has 2 aromatic rings. The number of aryl methyl sites for hydroxylation is 1. The van der Waals surface area contributed by atoms with Crippen LogP contribution in [0.2, 0.25) is 0 Å². The number of aromatic amines is 1. The lowest BCUT2D eigenvalue weighted by Crippen LogP contribution is -2.02. The molecular formula is C12H13NO3. The van der Waals surface area contributed by atoms with Crippen LogP contribution in [0.1, 0.15) is 12.6 Å². The minimum absolute atomic E-state index is 0.338. The van der Waals surface area contributed by atoms with Crippen molar-refractivity contribution in [1.82, 2.24) is 4.98 Å². The quantitative estimate of drug-likeness (QED) is 0.789. The summed E-state index contributed by atoms with van der Waals surface area (Å²) in [5.74, 6) is 0.896. The van der Waals surface area contributed by atoms with Gasteiger partial charge in [0.1, 0.15) is 5.75 Å². The normalized spacial score (nSPS) is 10.4. The number of fused-ring (bicyclic) bond motifs is 1. The van der Waals surface area contributed by atoms with E-state index in [-0.39, 0.29) is 5.97 Å². The van der Waals surface area contributed by atoms with Crippen molar-refractivity contribution in [2.45, 2.75) is 13.8 Å². The predicted octanol–water partition coefficient (Wildman–Crippen LogP) is 2.41. The van der Waals surface area contributed by atoms with Crippen molar-refractivity contribution in [3.8, 4) is 11.5 Å². The minimum Gasteiger partial charge on any atom is -0.496 e. The third-order valence-electron chi connectivity index (χ3n) is 2.38. The molecule has 0 aliphatic rings. The van der Waals surface area contributed by atoms with E-state index in [1.807, 2.05) is 25.1 Å². The van der Waals surface area contributed by atoms with E-state index in [0.717, 1.165) is 16.6 Å². The number of carbonyl (C=O) groups excluding carboxylic acids is 1. The van der Waals surface area contributed by atoms with Gasteiger partial charge in [0.15, 0.2) is 5.75 Å². The van der Waals surface area contributed by atoms with Crippen molar-refractivity contribution < 1.29 is 14.3 Å². The Labute approximate surface area is 93.2 Å². The minimum atomic E-state index is -0.338. The van der Waals surface area contributed by atoms with E-state index in [0.29, 0.717) is 11.5 Å². The van der Waals surface area contributed by atoms with Crippen LogP contribution in [0, 0.1) is 6.92 Å². The van der Waals surface area contributed by atoms with Crippen LogP contribution in [0.3, 0.4) is 0 Å². The number of ether oxygens (including phenoxy) is 2. The first-order valence-corrected chi connectivity index (χ1v) is 4.97. The van der Waals surface area contributed by atoms with E-state index in [1.165, 1.54) is 6.92 Å². The Bertz CT molecular complexity index is 542. The Balaban J connectivity index is 2.70. The largest absolute Gasteiger partial charge is 0.496 e. The zero-order valence-electron chi connectivity index (χ0n) is 9.46. The fraction of sp³-hybridized carbons (Fsp3) is 0.250. The van der Waals surface area contributed by atoms with Crippen LogP contribution < -0.4 is 9.47 Å². The van der Waals surface area contributed by atoms with Gasteiger partial charge in [0, 0.05) is 6.92 Å². The zero-order valence-corrected chi connectivity index (χ0v) is 9.46. The number of H-pyrrole nitrogens is 1. The molecule has 1 aromatic carbocycles. The first-order valence-electron chi connectivity index (χ1n) is 4.97. The Morgan fingerprint density at radius 1 is 1.38 bits per heavy atom. The smallest absolute Gasteiger partial charge is 0.308 e. The number of rotatable bonds is 2. The fourth-order valence-electron chi connectivity index (χ4n) is 1.76. The number of esters is 1. The number of nitrogens with one attached hydrogen (secondary N) is 1. The van der Waals surface area contributed by atoms with Crippen LogP contribution in [0.4, 0.5) is 0 Å². The standard InChI is InChI=1S/C12H13NO3/c1-7-12(16-8(2)14)11-9(13-7)5-4-6-10(11)15-3/h4-6,13H,1-3H3. The van der Waals surface area contributed by atoms with Gasteiger partial charge in [-0.25, -0.2) is 0 Å². The van der Waals surface area contributed by atoms with E-state index < -0.39 is 0 Å². The maximum Gasteiger partial charge on any atom is 0.308 e. The van der Waals surface area contributed by atoms with Gasteiger partial charge in [-0.05, 0) is 19.1 Å². The van der Waals surface area contributed by atoms with Crippen molar-refractivity contribution in [3.05, 3.63) is 23.9 Å². The van der Waals surface area contributed by atoms with Crippen LogP contribution in [0.15, 0.2) is 18.2 Å². The third kappa shape index (κ3) is 1.62. The molecule has 0 aliphatic heterocycles. The number of methoxy groups -OCH3 is 1. The lowest BCUT2D eigenvalue weighted by atomic mass is 10.2. The highest BCUT2D eigenvalue weighted by Crippen LogP contribution is 2.36. The summed E-state index contributed by atoms with van der Waals surface area (Å²) in [4.78, 5) is 14.2. The van der Waals surface area contributed by atoms with Gasteiger partial charge < -0.3 is 14.5 Å². The Hall–Kier alpha value is -1.97. The third-order valence-corrected chi connectivity index (χ3v) is 2.38. The molecule has 0 aliphatic carbocycles. The van der Waals surface area contributed by atoms with E-state index in [9.17, 15) is 4.79 Å². The van der Waals surface area contributed by atoms with Gasteiger partial charge in [-0.3, -0.25) is 4.79 Å². The molecule has 16 heavy (non-hydrogen) atoms. The Morgan fingerprint density at radius 3 is 2.75 bits per heavy atom. The topological polar surface area (TPSA) is 51.3 Å². The number of hydrogen-bond acceptors (Lipinski definition) is 3. The van der Waals surface area contributed by atoms with Crippen molar-refractivity contribution in [2.24, 2.45) is 0 Å². The highest BCUT2D eigenvalue weighted by molar-refractivity contribution is 5.95. The van der Waals surface area contributed by atoms with Crippen LogP contribution >= 0.6 is 0 Å². The van der Waals surface area contributed by atoms with Gasteiger partial charge in [0.05, 0.1) is 23.7 Å². The van der Waals surface area contributed by atoms with E-state index in [2.05, 4.69) is 4.98 Å². The molecule has 0 spiro atoms. The molecule has 0 fully saturated rings. The van der Waals surface area contributed by atoms with Crippen molar-refractivity contribution in [3.63, 3.8) is 0 Å². The SMILES string of the molecule is COc1cccc2[nH]c(C)c(OC(C)=O)c12.